The largest absolute Gasteiger partial charge is 0.348 e. The average molecular weight is 281 g/mol. The number of nitrogens with zero attached hydrogens (tertiary/aromatic N) is 1. The summed E-state index contributed by atoms with van der Waals surface area (Å²) in [5.41, 5.74) is 4.30. The van der Waals surface area contributed by atoms with E-state index in [1.807, 2.05) is 13.0 Å². The van der Waals surface area contributed by atoms with Gasteiger partial charge in [-0.05, 0) is 47.9 Å². The molecule has 0 bridgehead atoms. The molecule has 0 saturated carbocycles. The topological polar surface area (TPSA) is 71.1 Å². The lowest BCUT2D eigenvalue weighted by atomic mass is 10.1. The monoisotopic (exact) mass is 281 g/mol. The minimum atomic E-state index is -0.152. The maximum Gasteiger partial charge on any atom is 0.251 e. The van der Waals surface area contributed by atoms with Crippen LogP contribution >= 0.6 is 0 Å². The summed E-state index contributed by atoms with van der Waals surface area (Å²) >= 11 is 0. The van der Waals surface area contributed by atoms with Gasteiger partial charge in [-0.3, -0.25) is 14.6 Å². The van der Waals surface area contributed by atoms with Crippen LogP contribution in [0, 0.1) is 6.92 Å². The number of amides is 2. The van der Waals surface area contributed by atoms with E-state index < -0.39 is 0 Å². The molecule has 1 aliphatic heterocycles. The van der Waals surface area contributed by atoms with Gasteiger partial charge in [0.1, 0.15) is 0 Å². The normalized spacial score (nSPS) is 12.7. The summed E-state index contributed by atoms with van der Waals surface area (Å²) in [7, 11) is 0. The number of carbonyl (C=O) groups excluding carboxylic acids is 2. The van der Waals surface area contributed by atoms with Crippen molar-refractivity contribution in [1.82, 2.24) is 10.3 Å². The molecule has 106 valence electrons. The summed E-state index contributed by atoms with van der Waals surface area (Å²) < 4.78 is 0. The van der Waals surface area contributed by atoms with Gasteiger partial charge in [0.15, 0.2) is 0 Å². The molecule has 0 saturated heterocycles. The van der Waals surface area contributed by atoms with E-state index in [0.717, 1.165) is 22.4 Å². The van der Waals surface area contributed by atoms with E-state index in [2.05, 4.69) is 15.6 Å². The number of carbonyl (C=O) groups is 2. The molecule has 0 aliphatic carbocycles. The first kappa shape index (κ1) is 13.3. The number of nitrogens with one attached hydrogen (secondary N) is 2. The van der Waals surface area contributed by atoms with Crippen LogP contribution < -0.4 is 10.6 Å². The highest BCUT2D eigenvalue weighted by Crippen LogP contribution is 2.23. The van der Waals surface area contributed by atoms with Gasteiger partial charge in [-0.15, -0.1) is 0 Å². The Labute approximate surface area is 122 Å². The molecule has 5 heteroatoms. The van der Waals surface area contributed by atoms with Gasteiger partial charge in [0.25, 0.3) is 5.91 Å². The molecule has 2 heterocycles. The molecule has 2 aromatic rings. The second kappa shape index (κ2) is 5.36. The number of rotatable bonds is 3. The van der Waals surface area contributed by atoms with Crippen molar-refractivity contribution < 1.29 is 9.59 Å². The molecule has 1 aromatic carbocycles. The molecular weight excluding hydrogens is 266 g/mol. The Balaban J connectivity index is 1.71. The number of fused-ring (bicyclic) bond motifs is 1. The molecule has 21 heavy (non-hydrogen) atoms. The van der Waals surface area contributed by atoms with Crippen molar-refractivity contribution in [3.05, 3.63) is 58.9 Å². The number of pyridine rings is 1. The zero-order valence-corrected chi connectivity index (χ0v) is 11.6. The van der Waals surface area contributed by atoms with E-state index in [1.54, 1.807) is 30.6 Å². The van der Waals surface area contributed by atoms with Crippen LogP contribution in [0.1, 0.15) is 27.0 Å². The predicted molar refractivity (Wildman–Crippen MR) is 78.9 cm³/mol. The van der Waals surface area contributed by atoms with Gasteiger partial charge >= 0.3 is 0 Å². The Kier molecular flexibility index (Phi) is 3.39. The van der Waals surface area contributed by atoms with E-state index in [9.17, 15) is 9.59 Å². The third-order valence-electron chi connectivity index (χ3n) is 3.58. The summed E-state index contributed by atoms with van der Waals surface area (Å²) in [5.74, 6) is -0.186. The first-order valence-corrected chi connectivity index (χ1v) is 6.74. The Morgan fingerprint density at radius 2 is 2.24 bits per heavy atom. The SMILES string of the molecule is Cc1ccncc1CNC(=O)c1ccc2c(c1)CC(=O)N2. The molecule has 0 atom stereocenters. The predicted octanol–water partition coefficient (Wildman–Crippen LogP) is 1.81. The van der Waals surface area contributed by atoms with Crippen LogP contribution in [0.4, 0.5) is 5.69 Å². The van der Waals surface area contributed by atoms with Gasteiger partial charge in [-0.1, -0.05) is 0 Å². The zero-order chi connectivity index (χ0) is 14.8. The van der Waals surface area contributed by atoms with Crippen LogP contribution in [-0.2, 0) is 17.8 Å². The molecule has 5 nitrogen and oxygen atoms in total. The Hall–Kier alpha value is -2.69. The number of benzene rings is 1. The lowest BCUT2D eigenvalue weighted by Crippen LogP contribution is -2.23. The lowest BCUT2D eigenvalue weighted by Gasteiger charge is -2.08. The molecule has 0 spiro atoms. The quantitative estimate of drug-likeness (QED) is 0.901. The Bertz CT molecular complexity index is 725. The fourth-order valence-corrected chi connectivity index (χ4v) is 2.33. The number of aryl methyl sites for hydroxylation is 1. The third-order valence-corrected chi connectivity index (χ3v) is 3.58. The zero-order valence-electron chi connectivity index (χ0n) is 11.6. The molecule has 2 N–H and O–H groups in total. The van der Waals surface area contributed by atoms with Gasteiger partial charge in [0.05, 0.1) is 6.42 Å². The maximum atomic E-state index is 12.2. The van der Waals surface area contributed by atoms with Crippen molar-refractivity contribution in [2.45, 2.75) is 19.9 Å². The van der Waals surface area contributed by atoms with E-state index in [4.69, 9.17) is 0 Å². The molecule has 0 fully saturated rings. The van der Waals surface area contributed by atoms with Crippen LogP contribution in [0.3, 0.4) is 0 Å². The van der Waals surface area contributed by atoms with E-state index >= 15 is 0 Å². The van der Waals surface area contributed by atoms with Crippen LogP contribution in [0.5, 0.6) is 0 Å². The second-order valence-corrected chi connectivity index (χ2v) is 5.08. The minimum Gasteiger partial charge on any atom is -0.348 e. The van der Waals surface area contributed by atoms with Crippen molar-refractivity contribution in [3.63, 3.8) is 0 Å². The highest BCUT2D eigenvalue weighted by molar-refractivity contribution is 6.01. The fraction of sp³-hybridized carbons (Fsp3) is 0.188. The van der Waals surface area contributed by atoms with Crippen LogP contribution in [-0.4, -0.2) is 16.8 Å². The number of hydrogen-bond acceptors (Lipinski definition) is 3. The lowest BCUT2D eigenvalue weighted by molar-refractivity contribution is -0.115. The van der Waals surface area contributed by atoms with E-state index in [-0.39, 0.29) is 11.8 Å². The summed E-state index contributed by atoms with van der Waals surface area (Å²) in [4.78, 5) is 27.5. The number of anilines is 1. The minimum absolute atomic E-state index is 0.0338. The molecular formula is C16H15N3O2. The second-order valence-electron chi connectivity index (χ2n) is 5.08. The smallest absolute Gasteiger partial charge is 0.251 e. The summed E-state index contributed by atoms with van der Waals surface area (Å²) in [6, 6.07) is 7.16. The Morgan fingerprint density at radius 3 is 3.05 bits per heavy atom. The van der Waals surface area contributed by atoms with Crippen molar-refractivity contribution in [1.29, 1.82) is 0 Å². The van der Waals surface area contributed by atoms with Gasteiger partial charge in [0.2, 0.25) is 5.91 Å². The maximum absolute atomic E-state index is 12.2. The first-order chi connectivity index (χ1) is 10.1. The van der Waals surface area contributed by atoms with Crippen molar-refractivity contribution in [3.8, 4) is 0 Å². The summed E-state index contributed by atoms with van der Waals surface area (Å²) in [6.07, 6.45) is 3.81. The van der Waals surface area contributed by atoms with Crippen molar-refractivity contribution in [2.24, 2.45) is 0 Å². The van der Waals surface area contributed by atoms with Gasteiger partial charge in [0, 0.05) is 30.2 Å². The van der Waals surface area contributed by atoms with Crippen molar-refractivity contribution >= 4 is 17.5 Å². The van der Waals surface area contributed by atoms with Crippen LogP contribution in [0.25, 0.3) is 0 Å². The molecule has 3 rings (SSSR count). The summed E-state index contributed by atoms with van der Waals surface area (Å²) in [5, 5.41) is 5.62. The van der Waals surface area contributed by atoms with Crippen LogP contribution in [0.15, 0.2) is 36.7 Å². The number of aromatic nitrogens is 1. The molecule has 0 radical (unpaired) electrons. The summed E-state index contributed by atoms with van der Waals surface area (Å²) in [6.45, 7) is 2.42. The van der Waals surface area contributed by atoms with Crippen LogP contribution in [0.2, 0.25) is 0 Å². The van der Waals surface area contributed by atoms with Gasteiger partial charge in [-0.2, -0.15) is 0 Å². The van der Waals surface area contributed by atoms with E-state index in [0.29, 0.717) is 18.5 Å². The standard InChI is InChI=1S/C16H15N3O2/c1-10-4-5-17-8-13(10)9-18-16(21)11-2-3-14-12(6-11)7-15(20)19-14/h2-6,8H,7,9H2,1H3,(H,18,21)(H,19,20). The van der Waals surface area contributed by atoms with Gasteiger partial charge in [-0.25, -0.2) is 0 Å². The first-order valence-electron chi connectivity index (χ1n) is 6.74. The fourth-order valence-electron chi connectivity index (χ4n) is 2.33. The third kappa shape index (κ3) is 2.76. The van der Waals surface area contributed by atoms with Gasteiger partial charge < -0.3 is 10.6 Å². The molecule has 1 aromatic heterocycles. The van der Waals surface area contributed by atoms with E-state index in [1.165, 1.54) is 0 Å². The highest BCUT2D eigenvalue weighted by Gasteiger charge is 2.19. The Morgan fingerprint density at radius 1 is 1.38 bits per heavy atom. The average Bonchev–Trinajstić information content (AvgIpc) is 2.85. The number of hydrogen-bond donors (Lipinski definition) is 2. The highest BCUT2D eigenvalue weighted by atomic mass is 16.2. The molecule has 0 unspecified atom stereocenters. The van der Waals surface area contributed by atoms with Crippen molar-refractivity contribution in [2.75, 3.05) is 5.32 Å². The molecule has 1 aliphatic rings. The molecule has 2 amide bonds.